The Morgan fingerprint density at radius 2 is 1.73 bits per heavy atom. The summed E-state index contributed by atoms with van der Waals surface area (Å²) in [4.78, 5) is 32.9. The maximum Gasteiger partial charge on any atom is 0.356 e. The minimum Gasteiger partial charge on any atom is -0.464 e. The third kappa shape index (κ3) is 4.81. The van der Waals surface area contributed by atoms with Crippen molar-refractivity contribution in [1.82, 2.24) is 9.88 Å². The Balaban J connectivity index is 1.48. The van der Waals surface area contributed by atoms with Crippen LogP contribution in [0.15, 0.2) is 36.4 Å². The Labute approximate surface area is 202 Å². The predicted octanol–water partition coefficient (Wildman–Crippen LogP) is 4.72. The first-order valence-electron chi connectivity index (χ1n) is 10.7. The van der Waals surface area contributed by atoms with Crippen molar-refractivity contribution in [3.05, 3.63) is 57.7 Å². The number of amides is 1. The third-order valence-corrected chi connectivity index (χ3v) is 6.62. The average molecular weight is 489 g/mol. The SMILES string of the molecule is COC(=O)c1[nH]c2ccc(Cl)cc2c1NC(=O)[C@@H](C)N1CCN(c2cc(Cl)ccc2C)CC1. The smallest absolute Gasteiger partial charge is 0.356 e. The molecule has 2 N–H and O–H groups in total. The van der Waals surface area contributed by atoms with Gasteiger partial charge in [0, 0.05) is 52.8 Å². The fourth-order valence-corrected chi connectivity index (χ4v) is 4.55. The number of carbonyl (C=O) groups excluding carboxylic acids is 2. The molecule has 3 aromatic rings. The second-order valence-electron chi connectivity index (χ2n) is 8.18. The number of H-pyrrole nitrogens is 1. The van der Waals surface area contributed by atoms with Crippen LogP contribution in [0.4, 0.5) is 11.4 Å². The summed E-state index contributed by atoms with van der Waals surface area (Å²) in [7, 11) is 1.30. The number of aromatic nitrogens is 1. The van der Waals surface area contributed by atoms with Crippen LogP contribution in [0, 0.1) is 6.92 Å². The first kappa shape index (κ1) is 23.4. The van der Waals surface area contributed by atoms with Crippen LogP contribution in [-0.4, -0.2) is 61.1 Å². The molecule has 4 rings (SSSR count). The topological polar surface area (TPSA) is 77.7 Å². The zero-order valence-corrected chi connectivity index (χ0v) is 20.3. The van der Waals surface area contributed by atoms with Crippen LogP contribution in [0.2, 0.25) is 10.0 Å². The molecule has 0 saturated carbocycles. The number of fused-ring (bicyclic) bond motifs is 1. The Morgan fingerprint density at radius 3 is 2.42 bits per heavy atom. The molecule has 1 amide bonds. The number of piperazine rings is 1. The number of rotatable bonds is 5. The number of halogens is 2. The number of hydrogen-bond donors (Lipinski definition) is 2. The molecule has 1 aliphatic heterocycles. The number of hydrogen-bond acceptors (Lipinski definition) is 5. The van der Waals surface area contributed by atoms with Gasteiger partial charge in [-0.1, -0.05) is 29.3 Å². The zero-order valence-electron chi connectivity index (χ0n) is 18.7. The van der Waals surface area contributed by atoms with E-state index < -0.39 is 5.97 Å². The highest BCUT2D eigenvalue weighted by Crippen LogP contribution is 2.31. The number of nitrogens with zero attached hydrogens (tertiary/aromatic N) is 2. The van der Waals surface area contributed by atoms with Gasteiger partial charge in [-0.2, -0.15) is 0 Å². The number of carbonyl (C=O) groups is 2. The maximum atomic E-state index is 13.2. The number of ether oxygens (including phenoxy) is 1. The zero-order chi connectivity index (χ0) is 23.7. The van der Waals surface area contributed by atoms with Crippen molar-refractivity contribution >= 4 is 57.4 Å². The standard InChI is InChI=1S/C24H26Cl2N4O3/c1-14-4-5-17(26)13-20(14)30-10-8-29(9-11-30)15(2)23(31)28-21-18-12-16(25)6-7-19(18)27-22(21)24(32)33-3/h4-7,12-13,15,27H,8-11H2,1-3H3,(H,28,31)/t15-/m1/s1. The van der Waals surface area contributed by atoms with E-state index in [9.17, 15) is 9.59 Å². The van der Waals surface area contributed by atoms with Crippen molar-refractivity contribution in [1.29, 1.82) is 0 Å². The number of methoxy groups -OCH3 is 1. The van der Waals surface area contributed by atoms with Crippen molar-refractivity contribution in [2.45, 2.75) is 19.9 Å². The number of esters is 1. The van der Waals surface area contributed by atoms with Gasteiger partial charge < -0.3 is 19.9 Å². The highest BCUT2D eigenvalue weighted by Gasteiger charge is 2.28. The van der Waals surface area contributed by atoms with Crippen molar-refractivity contribution in [2.75, 3.05) is 43.5 Å². The maximum absolute atomic E-state index is 13.2. The van der Waals surface area contributed by atoms with Gasteiger partial charge in [0.15, 0.2) is 0 Å². The van der Waals surface area contributed by atoms with Crippen LogP contribution >= 0.6 is 23.2 Å². The third-order valence-electron chi connectivity index (χ3n) is 6.15. The molecule has 0 radical (unpaired) electrons. The van der Waals surface area contributed by atoms with Crippen molar-refractivity contribution in [3.8, 4) is 0 Å². The van der Waals surface area contributed by atoms with E-state index in [1.807, 2.05) is 25.1 Å². The van der Waals surface area contributed by atoms with Gasteiger partial charge in [-0.25, -0.2) is 4.79 Å². The molecular formula is C24H26Cl2N4O3. The minimum absolute atomic E-state index is 0.191. The van der Waals surface area contributed by atoms with Crippen molar-refractivity contribution < 1.29 is 14.3 Å². The Morgan fingerprint density at radius 1 is 1.06 bits per heavy atom. The second-order valence-corrected chi connectivity index (χ2v) is 9.05. The van der Waals surface area contributed by atoms with E-state index in [1.165, 1.54) is 12.7 Å². The van der Waals surface area contributed by atoms with Gasteiger partial charge >= 0.3 is 5.97 Å². The van der Waals surface area contributed by atoms with Crippen LogP contribution in [0.25, 0.3) is 10.9 Å². The Bertz CT molecular complexity index is 1200. The summed E-state index contributed by atoms with van der Waals surface area (Å²) in [5.74, 6) is -0.760. The van der Waals surface area contributed by atoms with Gasteiger partial charge in [0.25, 0.3) is 0 Å². The van der Waals surface area contributed by atoms with E-state index in [2.05, 4.69) is 27.0 Å². The van der Waals surface area contributed by atoms with Crippen LogP contribution in [0.1, 0.15) is 23.0 Å². The summed E-state index contributed by atoms with van der Waals surface area (Å²) in [6.45, 7) is 6.97. The number of benzene rings is 2. The second kappa shape index (κ2) is 9.63. The van der Waals surface area contributed by atoms with Gasteiger partial charge in [0.2, 0.25) is 5.91 Å². The molecule has 2 aromatic carbocycles. The molecule has 0 aliphatic carbocycles. The minimum atomic E-state index is -0.559. The van der Waals surface area contributed by atoms with E-state index in [4.69, 9.17) is 27.9 Å². The van der Waals surface area contributed by atoms with Gasteiger partial charge in [-0.15, -0.1) is 0 Å². The molecule has 1 aromatic heterocycles. The number of aryl methyl sites for hydroxylation is 1. The van der Waals surface area contributed by atoms with E-state index in [-0.39, 0.29) is 17.6 Å². The predicted molar refractivity (Wildman–Crippen MR) is 133 cm³/mol. The molecule has 1 fully saturated rings. The molecule has 33 heavy (non-hydrogen) atoms. The molecular weight excluding hydrogens is 463 g/mol. The van der Waals surface area contributed by atoms with Gasteiger partial charge in [-0.3, -0.25) is 9.69 Å². The molecule has 1 aliphatic rings. The fourth-order valence-electron chi connectivity index (χ4n) is 4.22. The van der Waals surface area contributed by atoms with E-state index >= 15 is 0 Å². The monoisotopic (exact) mass is 488 g/mol. The summed E-state index contributed by atoms with van der Waals surface area (Å²) in [5, 5.41) is 4.81. The van der Waals surface area contributed by atoms with E-state index in [0.29, 0.717) is 26.6 Å². The molecule has 7 nitrogen and oxygen atoms in total. The molecule has 1 atom stereocenters. The highest BCUT2D eigenvalue weighted by atomic mass is 35.5. The summed E-state index contributed by atoms with van der Waals surface area (Å²) in [6, 6.07) is 10.7. The van der Waals surface area contributed by atoms with E-state index in [0.717, 1.165) is 31.9 Å². The summed E-state index contributed by atoms with van der Waals surface area (Å²) in [6.07, 6.45) is 0. The Hall–Kier alpha value is -2.74. The number of nitrogens with one attached hydrogen (secondary N) is 2. The first-order chi connectivity index (χ1) is 15.8. The fraction of sp³-hybridized carbons (Fsp3) is 0.333. The molecule has 0 bridgehead atoms. The molecule has 2 heterocycles. The molecule has 1 saturated heterocycles. The molecule has 0 spiro atoms. The van der Waals surface area contributed by atoms with Crippen LogP contribution < -0.4 is 10.2 Å². The van der Waals surface area contributed by atoms with E-state index in [1.54, 1.807) is 18.2 Å². The number of aromatic amines is 1. The molecule has 0 unspecified atom stereocenters. The van der Waals surface area contributed by atoms with Crippen LogP contribution in [0.5, 0.6) is 0 Å². The van der Waals surface area contributed by atoms with Crippen LogP contribution in [0.3, 0.4) is 0 Å². The quantitative estimate of drug-likeness (QED) is 0.508. The van der Waals surface area contributed by atoms with Gasteiger partial charge in [0.05, 0.1) is 18.8 Å². The summed E-state index contributed by atoms with van der Waals surface area (Å²) < 4.78 is 4.89. The normalized spacial score (nSPS) is 15.5. The summed E-state index contributed by atoms with van der Waals surface area (Å²) in [5.41, 5.74) is 3.55. The van der Waals surface area contributed by atoms with Crippen molar-refractivity contribution in [3.63, 3.8) is 0 Å². The summed E-state index contributed by atoms with van der Waals surface area (Å²) >= 11 is 12.3. The molecule has 9 heteroatoms. The van der Waals surface area contributed by atoms with Gasteiger partial charge in [0.1, 0.15) is 5.69 Å². The lowest BCUT2D eigenvalue weighted by molar-refractivity contribution is -0.120. The first-order valence-corrected chi connectivity index (χ1v) is 11.5. The number of anilines is 2. The average Bonchev–Trinajstić information content (AvgIpc) is 3.17. The lowest BCUT2D eigenvalue weighted by Gasteiger charge is -2.39. The lowest BCUT2D eigenvalue weighted by atomic mass is 10.1. The lowest BCUT2D eigenvalue weighted by Crippen LogP contribution is -2.53. The molecule has 174 valence electrons. The largest absolute Gasteiger partial charge is 0.464 e. The van der Waals surface area contributed by atoms with Crippen LogP contribution in [-0.2, 0) is 9.53 Å². The Kier molecular flexibility index (Phi) is 6.83. The highest BCUT2D eigenvalue weighted by molar-refractivity contribution is 6.32. The van der Waals surface area contributed by atoms with Crippen molar-refractivity contribution in [2.24, 2.45) is 0 Å². The van der Waals surface area contributed by atoms with Gasteiger partial charge in [-0.05, 0) is 49.7 Å².